The van der Waals surface area contributed by atoms with E-state index in [1.54, 1.807) is 13.2 Å². The molecule has 0 radical (unpaired) electrons. The fourth-order valence-electron chi connectivity index (χ4n) is 6.73. The van der Waals surface area contributed by atoms with E-state index in [4.69, 9.17) is 4.74 Å². The number of fused-ring (bicyclic) bond motifs is 6. The zero-order chi connectivity index (χ0) is 22.4. The van der Waals surface area contributed by atoms with Crippen LogP contribution in [0.1, 0.15) is 65.3 Å². The number of likely N-dealkylation sites (tertiary alicyclic amines) is 1. The molecule has 2 aromatic rings. The molecule has 5 nitrogen and oxygen atoms in total. The van der Waals surface area contributed by atoms with Crippen LogP contribution in [0.15, 0.2) is 24.3 Å². The number of likely N-dealkylation sites (N-methyl/N-ethyl adjacent to an activating group) is 1. The second-order valence-electron chi connectivity index (χ2n) is 9.96. The molecule has 188 valence electrons. The van der Waals surface area contributed by atoms with Gasteiger partial charge in [-0.3, -0.25) is 0 Å². The van der Waals surface area contributed by atoms with Gasteiger partial charge in [-0.25, -0.2) is 0 Å². The molecule has 2 aliphatic carbocycles. The third kappa shape index (κ3) is 4.67. The number of hydrogen-bond acceptors (Lipinski definition) is 5. The number of hydrogen-bond donors (Lipinski definition) is 3. The fourth-order valence-corrected chi connectivity index (χ4v) is 6.73. The number of rotatable bonds is 1. The molecule has 0 saturated carbocycles. The molecule has 6 rings (SSSR count). The van der Waals surface area contributed by atoms with Gasteiger partial charge in [0.25, 0.3) is 0 Å². The Balaban J connectivity index is 0.000000180. The van der Waals surface area contributed by atoms with Crippen molar-refractivity contribution in [2.75, 3.05) is 27.2 Å². The minimum Gasteiger partial charge on any atom is -0.504 e. The Bertz CT molecular complexity index is 1020. The van der Waals surface area contributed by atoms with Gasteiger partial charge in [-0.1, -0.05) is 18.2 Å². The van der Waals surface area contributed by atoms with Crippen molar-refractivity contribution in [1.29, 1.82) is 0 Å². The van der Waals surface area contributed by atoms with Crippen molar-refractivity contribution in [2.24, 2.45) is 0 Å². The number of ether oxygens (including phenoxy) is 1. The minimum atomic E-state index is 0. The van der Waals surface area contributed by atoms with Crippen LogP contribution in [-0.4, -0.2) is 54.4 Å². The number of benzene rings is 2. The monoisotopic (exact) mass is 552 g/mol. The standard InChI is InChI=1S/C14H19NO.C13H17NO2.BrH.ClH/c1-9-3-4-10-11-7-8-15-13(11)6-5-12(10)14(9)16-2;1-14-7-6-9-8-3-5-12(15)13(16)10(8)2-4-11(9)14;;/h3-4,11,13,15H,5-8H2,1-2H3;3,5,9,11,15-16H,2,4,6-7H2,1H3;2*1H/t11-,13+;9-,11+;;/m11../s1. The van der Waals surface area contributed by atoms with Gasteiger partial charge in [0.15, 0.2) is 11.5 Å². The lowest BCUT2D eigenvalue weighted by molar-refractivity contribution is 0.272. The summed E-state index contributed by atoms with van der Waals surface area (Å²) < 4.78 is 5.57. The lowest BCUT2D eigenvalue weighted by Gasteiger charge is -2.32. The first-order valence-electron chi connectivity index (χ1n) is 12.1. The number of phenols is 2. The Hall–Kier alpha value is -1.47. The van der Waals surface area contributed by atoms with Gasteiger partial charge in [-0.15, -0.1) is 29.4 Å². The molecule has 0 spiro atoms. The van der Waals surface area contributed by atoms with Crippen LogP contribution in [-0.2, 0) is 12.8 Å². The topological polar surface area (TPSA) is 65.0 Å². The predicted molar refractivity (Wildman–Crippen MR) is 145 cm³/mol. The van der Waals surface area contributed by atoms with Crippen molar-refractivity contribution in [1.82, 2.24) is 10.2 Å². The van der Waals surface area contributed by atoms with E-state index >= 15 is 0 Å². The summed E-state index contributed by atoms with van der Waals surface area (Å²) in [6.07, 6.45) is 6.83. The molecule has 34 heavy (non-hydrogen) atoms. The summed E-state index contributed by atoms with van der Waals surface area (Å²) in [6, 6.07) is 9.46. The first kappa shape index (κ1) is 27.1. The summed E-state index contributed by atoms with van der Waals surface area (Å²) in [5, 5.41) is 23.0. The van der Waals surface area contributed by atoms with E-state index in [0.29, 0.717) is 18.0 Å². The predicted octanol–water partition coefficient (Wildman–Crippen LogP) is 5.23. The van der Waals surface area contributed by atoms with Crippen LogP contribution in [0.4, 0.5) is 0 Å². The molecule has 0 amide bonds. The highest BCUT2D eigenvalue weighted by atomic mass is 79.9. The molecule has 7 heteroatoms. The lowest BCUT2D eigenvalue weighted by Crippen LogP contribution is -2.32. The van der Waals surface area contributed by atoms with Crippen molar-refractivity contribution in [2.45, 2.75) is 69.4 Å². The number of aryl methyl sites for hydroxylation is 1. The maximum absolute atomic E-state index is 9.87. The Kier molecular flexibility index (Phi) is 8.83. The summed E-state index contributed by atoms with van der Waals surface area (Å²) in [7, 11) is 3.97. The molecular weight excluding hydrogens is 516 g/mol. The smallest absolute Gasteiger partial charge is 0.160 e. The van der Waals surface area contributed by atoms with Gasteiger partial charge in [0, 0.05) is 29.5 Å². The van der Waals surface area contributed by atoms with E-state index in [1.807, 2.05) is 6.07 Å². The molecule has 2 aliphatic heterocycles. The van der Waals surface area contributed by atoms with E-state index in [2.05, 4.69) is 36.3 Å². The van der Waals surface area contributed by atoms with Crippen LogP contribution in [0.25, 0.3) is 0 Å². The highest BCUT2D eigenvalue weighted by molar-refractivity contribution is 8.93. The highest BCUT2D eigenvalue weighted by Crippen LogP contribution is 2.46. The van der Waals surface area contributed by atoms with Gasteiger partial charge in [0.05, 0.1) is 7.11 Å². The van der Waals surface area contributed by atoms with Crippen molar-refractivity contribution in [3.05, 3.63) is 52.1 Å². The van der Waals surface area contributed by atoms with Gasteiger partial charge < -0.3 is 25.2 Å². The van der Waals surface area contributed by atoms with Crippen LogP contribution in [0.2, 0.25) is 0 Å². The molecule has 0 aromatic heterocycles. The Morgan fingerprint density at radius 2 is 1.65 bits per heavy atom. The second kappa shape index (κ2) is 11.1. The quantitative estimate of drug-likeness (QED) is 0.422. The molecule has 0 unspecified atom stereocenters. The maximum atomic E-state index is 9.87. The minimum absolute atomic E-state index is 0. The zero-order valence-corrected chi connectivity index (χ0v) is 22.9. The van der Waals surface area contributed by atoms with Crippen LogP contribution in [0.5, 0.6) is 17.2 Å². The molecule has 2 fully saturated rings. The van der Waals surface area contributed by atoms with Crippen LogP contribution in [0.3, 0.4) is 0 Å². The third-order valence-corrected chi connectivity index (χ3v) is 8.36. The van der Waals surface area contributed by atoms with Crippen LogP contribution < -0.4 is 10.1 Å². The average Bonchev–Trinajstić information content (AvgIpc) is 3.43. The van der Waals surface area contributed by atoms with Crippen molar-refractivity contribution < 1.29 is 14.9 Å². The van der Waals surface area contributed by atoms with Crippen LogP contribution >= 0.6 is 29.4 Å². The Labute approximate surface area is 220 Å². The van der Waals surface area contributed by atoms with E-state index in [1.165, 1.54) is 48.1 Å². The molecule has 2 heterocycles. The van der Waals surface area contributed by atoms with Crippen LogP contribution in [0, 0.1) is 6.92 Å². The summed E-state index contributed by atoms with van der Waals surface area (Å²) in [4.78, 5) is 2.41. The number of aromatic hydroxyl groups is 2. The summed E-state index contributed by atoms with van der Waals surface area (Å²) in [5.74, 6) is 2.51. The zero-order valence-electron chi connectivity index (χ0n) is 20.3. The number of phenolic OH excluding ortho intramolecular Hbond substituents is 2. The number of methoxy groups -OCH3 is 1. The molecule has 3 N–H and O–H groups in total. The second-order valence-corrected chi connectivity index (χ2v) is 9.96. The molecule has 4 atom stereocenters. The number of nitrogens with one attached hydrogen (secondary N) is 1. The third-order valence-electron chi connectivity index (χ3n) is 8.36. The maximum Gasteiger partial charge on any atom is 0.160 e. The number of nitrogens with zero attached hydrogens (tertiary/aromatic N) is 1. The van der Waals surface area contributed by atoms with E-state index in [-0.39, 0.29) is 40.9 Å². The van der Waals surface area contributed by atoms with E-state index < -0.39 is 0 Å². The molecule has 2 aromatic carbocycles. The molecule has 4 aliphatic rings. The van der Waals surface area contributed by atoms with Gasteiger partial charge in [0.2, 0.25) is 0 Å². The van der Waals surface area contributed by atoms with Crippen molar-refractivity contribution >= 4 is 29.4 Å². The summed E-state index contributed by atoms with van der Waals surface area (Å²) >= 11 is 0. The first-order chi connectivity index (χ1) is 15.5. The average molecular weight is 554 g/mol. The SMILES string of the molecule is Br.CN1CC[C@@H]2c3ccc(O)c(O)c3CC[C@@H]21.COc1c(C)ccc2c1CC[C@@H]1NCC[C@H]21.Cl. The van der Waals surface area contributed by atoms with E-state index in [9.17, 15) is 10.2 Å². The number of halogens is 2. The Morgan fingerprint density at radius 3 is 2.41 bits per heavy atom. The van der Waals surface area contributed by atoms with Gasteiger partial charge in [-0.2, -0.15) is 0 Å². The highest BCUT2D eigenvalue weighted by Gasteiger charge is 2.38. The molecular formula is C27H38BrClN2O3. The fraction of sp³-hybridized carbons (Fsp3) is 0.556. The largest absolute Gasteiger partial charge is 0.504 e. The van der Waals surface area contributed by atoms with Gasteiger partial charge >= 0.3 is 0 Å². The first-order valence-corrected chi connectivity index (χ1v) is 12.1. The summed E-state index contributed by atoms with van der Waals surface area (Å²) in [6.45, 7) is 4.44. The molecule has 0 bridgehead atoms. The normalized spacial score (nSPS) is 26.4. The van der Waals surface area contributed by atoms with Crippen molar-refractivity contribution in [3.63, 3.8) is 0 Å². The summed E-state index contributed by atoms with van der Waals surface area (Å²) in [5.41, 5.74) is 6.48. The van der Waals surface area contributed by atoms with E-state index in [0.717, 1.165) is 43.0 Å². The molecule has 2 saturated heterocycles. The van der Waals surface area contributed by atoms with Gasteiger partial charge in [0.1, 0.15) is 5.75 Å². The Morgan fingerprint density at radius 1 is 0.941 bits per heavy atom. The van der Waals surface area contributed by atoms with Gasteiger partial charge in [-0.05, 0) is 93.9 Å². The lowest BCUT2D eigenvalue weighted by atomic mass is 9.79. The van der Waals surface area contributed by atoms with Crippen molar-refractivity contribution in [3.8, 4) is 17.2 Å².